The lowest BCUT2D eigenvalue weighted by Gasteiger charge is -1.90. The van der Waals surface area contributed by atoms with Crippen LogP contribution in [-0.2, 0) is 0 Å². The number of hydrogen-bond acceptors (Lipinski definition) is 3. The Hall–Kier alpha value is -0.510. The normalized spacial score (nSPS) is 13.9. The summed E-state index contributed by atoms with van der Waals surface area (Å²) in [4.78, 5) is 0. The average molecular weight is 159 g/mol. The SMILES string of the molecule is CC/C(C)=N/N=C(\N)SC. The molecule has 0 aromatic heterocycles. The van der Waals surface area contributed by atoms with Gasteiger partial charge in [-0.3, -0.25) is 0 Å². The zero-order valence-corrected chi connectivity index (χ0v) is 7.40. The number of rotatable bonds is 2. The molecule has 0 spiro atoms. The van der Waals surface area contributed by atoms with Gasteiger partial charge in [0.05, 0.1) is 0 Å². The molecule has 3 nitrogen and oxygen atoms in total. The van der Waals surface area contributed by atoms with Crippen LogP contribution in [0.2, 0.25) is 0 Å². The average Bonchev–Trinajstić information content (AvgIpc) is 1.99. The zero-order valence-electron chi connectivity index (χ0n) is 6.59. The van der Waals surface area contributed by atoms with Crippen LogP contribution in [0.4, 0.5) is 0 Å². The second-order valence-corrected chi connectivity index (χ2v) is 2.66. The van der Waals surface area contributed by atoms with Crippen molar-refractivity contribution in [2.75, 3.05) is 6.26 Å². The lowest BCUT2D eigenvalue weighted by Crippen LogP contribution is -2.04. The van der Waals surface area contributed by atoms with E-state index < -0.39 is 0 Å². The Bertz CT molecular complexity index is 133. The van der Waals surface area contributed by atoms with Gasteiger partial charge in [-0.15, -0.1) is 5.10 Å². The number of hydrogen-bond donors (Lipinski definition) is 1. The minimum absolute atomic E-state index is 0.507. The molecule has 0 heterocycles. The van der Waals surface area contributed by atoms with E-state index in [1.54, 1.807) is 0 Å². The van der Waals surface area contributed by atoms with Gasteiger partial charge in [0, 0.05) is 5.71 Å². The lowest BCUT2D eigenvalue weighted by molar-refractivity contribution is 1.16. The van der Waals surface area contributed by atoms with Crippen LogP contribution in [0, 0.1) is 0 Å². The van der Waals surface area contributed by atoms with Crippen molar-refractivity contribution in [3.05, 3.63) is 0 Å². The molecule has 0 saturated heterocycles. The standard InChI is InChI=1S/C6H13N3S/c1-4-5(2)8-9-6(7)10-3/h4H2,1-3H3,(H2,7,9)/b8-5+. The molecule has 2 N–H and O–H groups in total. The Morgan fingerprint density at radius 3 is 2.50 bits per heavy atom. The molecule has 10 heavy (non-hydrogen) atoms. The van der Waals surface area contributed by atoms with Crippen molar-refractivity contribution in [3.8, 4) is 0 Å². The molecule has 0 radical (unpaired) electrons. The van der Waals surface area contributed by atoms with Crippen molar-refractivity contribution in [2.24, 2.45) is 15.9 Å². The van der Waals surface area contributed by atoms with E-state index in [1.807, 2.05) is 20.1 Å². The summed E-state index contributed by atoms with van der Waals surface area (Å²) in [6.45, 7) is 3.96. The van der Waals surface area contributed by atoms with Crippen LogP contribution in [0.25, 0.3) is 0 Å². The molecule has 0 aliphatic heterocycles. The van der Waals surface area contributed by atoms with E-state index in [2.05, 4.69) is 10.2 Å². The van der Waals surface area contributed by atoms with Crippen LogP contribution in [0.1, 0.15) is 20.3 Å². The number of nitrogens with two attached hydrogens (primary N) is 1. The molecule has 0 saturated carbocycles. The third-order valence-corrected chi connectivity index (χ3v) is 1.54. The predicted molar refractivity (Wildman–Crippen MR) is 48.5 cm³/mol. The first kappa shape index (κ1) is 9.49. The van der Waals surface area contributed by atoms with Crippen molar-refractivity contribution < 1.29 is 0 Å². The topological polar surface area (TPSA) is 50.7 Å². The third kappa shape index (κ3) is 4.38. The van der Waals surface area contributed by atoms with Crippen molar-refractivity contribution in [1.29, 1.82) is 0 Å². The first-order valence-corrected chi connectivity index (χ1v) is 4.33. The minimum atomic E-state index is 0.507. The highest BCUT2D eigenvalue weighted by molar-refractivity contribution is 8.13. The highest BCUT2D eigenvalue weighted by atomic mass is 32.2. The van der Waals surface area contributed by atoms with Gasteiger partial charge in [-0.2, -0.15) is 5.10 Å². The Kier molecular flexibility index (Phi) is 5.02. The first-order chi connectivity index (χ1) is 4.70. The lowest BCUT2D eigenvalue weighted by atomic mass is 10.3. The quantitative estimate of drug-likeness (QED) is 0.376. The van der Waals surface area contributed by atoms with E-state index >= 15 is 0 Å². The van der Waals surface area contributed by atoms with Crippen molar-refractivity contribution in [1.82, 2.24) is 0 Å². The predicted octanol–water partition coefficient (Wildman–Crippen LogP) is 1.45. The Labute approximate surface area is 65.8 Å². The van der Waals surface area contributed by atoms with Crippen LogP contribution in [0.5, 0.6) is 0 Å². The van der Waals surface area contributed by atoms with Gasteiger partial charge in [-0.1, -0.05) is 18.7 Å². The number of amidine groups is 1. The molecule has 0 aromatic carbocycles. The van der Waals surface area contributed by atoms with E-state index in [9.17, 15) is 0 Å². The second kappa shape index (κ2) is 5.29. The molecule has 0 unspecified atom stereocenters. The Morgan fingerprint density at radius 2 is 2.10 bits per heavy atom. The zero-order chi connectivity index (χ0) is 7.98. The van der Waals surface area contributed by atoms with E-state index in [0.29, 0.717) is 5.17 Å². The van der Waals surface area contributed by atoms with Crippen molar-refractivity contribution >= 4 is 22.6 Å². The monoisotopic (exact) mass is 159 g/mol. The van der Waals surface area contributed by atoms with Crippen LogP contribution in [0.3, 0.4) is 0 Å². The molecular weight excluding hydrogens is 146 g/mol. The van der Waals surface area contributed by atoms with E-state index in [-0.39, 0.29) is 0 Å². The maximum Gasteiger partial charge on any atom is 0.180 e. The Balaban J connectivity index is 3.91. The van der Waals surface area contributed by atoms with Crippen LogP contribution >= 0.6 is 11.8 Å². The molecule has 0 aliphatic carbocycles. The van der Waals surface area contributed by atoms with Gasteiger partial charge in [-0.05, 0) is 19.6 Å². The maximum atomic E-state index is 5.38. The molecule has 0 bridgehead atoms. The fraction of sp³-hybridized carbons (Fsp3) is 0.667. The third-order valence-electron chi connectivity index (χ3n) is 1.04. The molecule has 0 fully saturated rings. The molecule has 0 aromatic rings. The Morgan fingerprint density at radius 1 is 1.50 bits per heavy atom. The van der Waals surface area contributed by atoms with Crippen LogP contribution in [-0.4, -0.2) is 17.1 Å². The fourth-order valence-corrected chi connectivity index (χ4v) is 0.369. The summed E-state index contributed by atoms with van der Waals surface area (Å²) in [5.41, 5.74) is 6.38. The summed E-state index contributed by atoms with van der Waals surface area (Å²) >= 11 is 1.40. The highest BCUT2D eigenvalue weighted by Gasteiger charge is 1.85. The fourth-order valence-electron chi connectivity index (χ4n) is 0.246. The van der Waals surface area contributed by atoms with E-state index in [0.717, 1.165) is 12.1 Å². The highest BCUT2D eigenvalue weighted by Crippen LogP contribution is 1.92. The largest absolute Gasteiger partial charge is 0.377 e. The molecule has 0 rings (SSSR count). The van der Waals surface area contributed by atoms with Crippen LogP contribution < -0.4 is 5.73 Å². The maximum absolute atomic E-state index is 5.38. The van der Waals surface area contributed by atoms with Gasteiger partial charge in [-0.25, -0.2) is 0 Å². The molecule has 58 valence electrons. The van der Waals surface area contributed by atoms with E-state index in [4.69, 9.17) is 5.73 Å². The molecular formula is C6H13N3S. The molecule has 4 heteroatoms. The minimum Gasteiger partial charge on any atom is -0.377 e. The van der Waals surface area contributed by atoms with Crippen molar-refractivity contribution in [3.63, 3.8) is 0 Å². The summed E-state index contributed by atoms with van der Waals surface area (Å²) in [5.74, 6) is 0. The van der Waals surface area contributed by atoms with Gasteiger partial charge in [0.1, 0.15) is 0 Å². The van der Waals surface area contributed by atoms with E-state index in [1.165, 1.54) is 11.8 Å². The van der Waals surface area contributed by atoms with Crippen LogP contribution in [0.15, 0.2) is 10.2 Å². The summed E-state index contributed by atoms with van der Waals surface area (Å²) in [7, 11) is 0. The number of thioether (sulfide) groups is 1. The molecule has 0 amide bonds. The molecule has 0 aliphatic rings. The summed E-state index contributed by atoms with van der Waals surface area (Å²) < 4.78 is 0. The van der Waals surface area contributed by atoms with Gasteiger partial charge < -0.3 is 5.73 Å². The molecule has 0 atom stereocenters. The smallest absolute Gasteiger partial charge is 0.180 e. The summed E-state index contributed by atoms with van der Waals surface area (Å²) in [5, 5.41) is 8.14. The summed E-state index contributed by atoms with van der Waals surface area (Å²) in [6, 6.07) is 0. The first-order valence-electron chi connectivity index (χ1n) is 3.11. The van der Waals surface area contributed by atoms with Gasteiger partial charge in [0.2, 0.25) is 0 Å². The van der Waals surface area contributed by atoms with Gasteiger partial charge >= 0.3 is 0 Å². The second-order valence-electron chi connectivity index (χ2n) is 1.83. The van der Waals surface area contributed by atoms with Crippen molar-refractivity contribution in [2.45, 2.75) is 20.3 Å². The number of nitrogens with zero attached hydrogens (tertiary/aromatic N) is 2. The summed E-state index contributed by atoms with van der Waals surface area (Å²) in [6.07, 6.45) is 2.79. The van der Waals surface area contributed by atoms with Gasteiger partial charge in [0.25, 0.3) is 0 Å². The van der Waals surface area contributed by atoms with Gasteiger partial charge in [0.15, 0.2) is 5.17 Å².